The van der Waals surface area contributed by atoms with Gasteiger partial charge in [0, 0.05) is 5.69 Å². The Morgan fingerprint density at radius 3 is 2.74 bits per heavy atom. The van der Waals surface area contributed by atoms with Crippen LogP contribution in [-0.4, -0.2) is 17.1 Å². The molecule has 0 aliphatic carbocycles. The highest BCUT2D eigenvalue weighted by atomic mass is 16.5. The highest BCUT2D eigenvalue weighted by Gasteiger charge is 2.11. The fourth-order valence-corrected chi connectivity index (χ4v) is 1.54. The summed E-state index contributed by atoms with van der Waals surface area (Å²) < 4.78 is 6.32. The molecule has 0 N–H and O–H groups in total. The van der Waals surface area contributed by atoms with Gasteiger partial charge < -0.3 is 9.30 Å². The number of pyridine rings is 1. The first-order chi connectivity index (χ1) is 8.95. The number of aryl methyl sites for hydroxylation is 1. The molecule has 0 aromatic carbocycles. The van der Waals surface area contributed by atoms with E-state index in [4.69, 9.17) is 10.00 Å². The van der Waals surface area contributed by atoms with Crippen LogP contribution in [0.3, 0.4) is 0 Å². The Morgan fingerprint density at radius 2 is 2.16 bits per heavy atom. The SMILES string of the molecule is Cc1ccc(C#N)c(=O)n1CC(=O)OCCC(C)C. The molecule has 1 aromatic rings. The third-order valence-corrected chi connectivity index (χ3v) is 2.76. The average molecular weight is 262 g/mol. The molecule has 0 saturated heterocycles. The molecule has 0 radical (unpaired) electrons. The molecule has 0 bridgehead atoms. The van der Waals surface area contributed by atoms with Crippen molar-refractivity contribution in [2.24, 2.45) is 5.92 Å². The number of hydrogen-bond acceptors (Lipinski definition) is 4. The van der Waals surface area contributed by atoms with Gasteiger partial charge in [0.15, 0.2) is 0 Å². The Balaban J connectivity index is 2.75. The normalized spacial score (nSPS) is 10.3. The van der Waals surface area contributed by atoms with Crippen LogP contribution in [0.1, 0.15) is 31.5 Å². The van der Waals surface area contributed by atoms with Gasteiger partial charge in [-0.25, -0.2) is 0 Å². The molecule has 0 saturated carbocycles. The quantitative estimate of drug-likeness (QED) is 0.756. The van der Waals surface area contributed by atoms with E-state index in [0.717, 1.165) is 6.42 Å². The number of carbonyl (C=O) groups excluding carboxylic acids is 1. The van der Waals surface area contributed by atoms with Gasteiger partial charge in [-0.1, -0.05) is 13.8 Å². The van der Waals surface area contributed by atoms with Crippen LogP contribution < -0.4 is 5.56 Å². The molecule has 5 nitrogen and oxygen atoms in total. The van der Waals surface area contributed by atoms with Gasteiger partial charge in [-0.15, -0.1) is 0 Å². The predicted octanol–water partition coefficient (Wildman–Crippen LogP) is 1.62. The number of rotatable bonds is 5. The first-order valence-corrected chi connectivity index (χ1v) is 6.22. The van der Waals surface area contributed by atoms with Crippen LogP contribution >= 0.6 is 0 Å². The van der Waals surface area contributed by atoms with Crippen LogP contribution in [-0.2, 0) is 16.1 Å². The summed E-state index contributed by atoms with van der Waals surface area (Å²) in [7, 11) is 0. The first-order valence-electron chi connectivity index (χ1n) is 6.22. The van der Waals surface area contributed by atoms with Crippen molar-refractivity contribution in [2.45, 2.75) is 33.7 Å². The lowest BCUT2D eigenvalue weighted by Gasteiger charge is -2.10. The second kappa shape index (κ2) is 6.74. The van der Waals surface area contributed by atoms with E-state index in [1.165, 1.54) is 10.6 Å². The molecule has 1 aromatic heterocycles. The van der Waals surface area contributed by atoms with Gasteiger partial charge in [-0.3, -0.25) is 9.59 Å². The fraction of sp³-hybridized carbons (Fsp3) is 0.500. The summed E-state index contributed by atoms with van der Waals surface area (Å²) in [5.74, 6) is 0.000107. The number of nitrogens with zero attached hydrogens (tertiary/aromatic N) is 2. The molecule has 0 atom stereocenters. The fourth-order valence-electron chi connectivity index (χ4n) is 1.54. The van der Waals surface area contributed by atoms with Gasteiger partial charge in [0.05, 0.1) is 6.61 Å². The van der Waals surface area contributed by atoms with E-state index in [-0.39, 0.29) is 12.1 Å². The summed E-state index contributed by atoms with van der Waals surface area (Å²) in [6.45, 7) is 5.99. The van der Waals surface area contributed by atoms with Crippen LogP contribution in [0.2, 0.25) is 0 Å². The lowest BCUT2D eigenvalue weighted by Crippen LogP contribution is -2.28. The number of carbonyl (C=O) groups is 1. The van der Waals surface area contributed by atoms with Gasteiger partial charge >= 0.3 is 5.97 Å². The van der Waals surface area contributed by atoms with E-state index in [1.807, 2.05) is 19.9 Å². The van der Waals surface area contributed by atoms with Crippen molar-refractivity contribution < 1.29 is 9.53 Å². The summed E-state index contributed by atoms with van der Waals surface area (Å²) in [5.41, 5.74) is 0.202. The lowest BCUT2D eigenvalue weighted by atomic mass is 10.1. The van der Waals surface area contributed by atoms with E-state index < -0.39 is 11.5 Å². The van der Waals surface area contributed by atoms with Crippen LogP contribution in [0.5, 0.6) is 0 Å². The second-order valence-electron chi connectivity index (χ2n) is 4.79. The summed E-state index contributed by atoms with van der Waals surface area (Å²) in [5, 5.41) is 8.79. The smallest absolute Gasteiger partial charge is 0.326 e. The third-order valence-electron chi connectivity index (χ3n) is 2.76. The monoisotopic (exact) mass is 262 g/mol. The van der Waals surface area contributed by atoms with Gasteiger partial charge in [0.2, 0.25) is 0 Å². The van der Waals surface area contributed by atoms with Crippen LogP contribution in [0, 0.1) is 24.2 Å². The molecule has 0 unspecified atom stereocenters. The Kier molecular flexibility index (Phi) is 5.31. The summed E-state index contributed by atoms with van der Waals surface area (Å²) >= 11 is 0. The predicted molar refractivity (Wildman–Crippen MR) is 70.6 cm³/mol. The van der Waals surface area contributed by atoms with Crippen LogP contribution in [0.4, 0.5) is 0 Å². The van der Waals surface area contributed by atoms with Crippen molar-refractivity contribution in [2.75, 3.05) is 6.61 Å². The molecule has 5 heteroatoms. The van der Waals surface area contributed by atoms with Crippen molar-refractivity contribution in [1.29, 1.82) is 5.26 Å². The zero-order valence-corrected chi connectivity index (χ0v) is 11.5. The molecule has 0 amide bonds. The Labute approximate surface area is 112 Å². The Morgan fingerprint density at radius 1 is 1.47 bits per heavy atom. The van der Waals surface area contributed by atoms with Crippen molar-refractivity contribution in [3.63, 3.8) is 0 Å². The van der Waals surface area contributed by atoms with Crippen LogP contribution in [0.25, 0.3) is 0 Å². The minimum absolute atomic E-state index is 0.0283. The second-order valence-corrected chi connectivity index (χ2v) is 4.79. The largest absolute Gasteiger partial charge is 0.464 e. The molecule has 0 aliphatic heterocycles. The summed E-state index contributed by atoms with van der Waals surface area (Å²) in [4.78, 5) is 23.5. The van der Waals surface area contributed by atoms with Crippen molar-refractivity contribution in [1.82, 2.24) is 4.57 Å². The van der Waals surface area contributed by atoms with Crippen LogP contribution in [0.15, 0.2) is 16.9 Å². The highest BCUT2D eigenvalue weighted by molar-refractivity contribution is 5.69. The Hall–Kier alpha value is -2.09. The highest BCUT2D eigenvalue weighted by Crippen LogP contribution is 2.01. The molecule has 19 heavy (non-hydrogen) atoms. The topological polar surface area (TPSA) is 72.1 Å². The van der Waals surface area contributed by atoms with Gasteiger partial charge in [0.25, 0.3) is 5.56 Å². The first kappa shape index (κ1) is 15.0. The number of nitriles is 1. The van der Waals surface area contributed by atoms with E-state index in [0.29, 0.717) is 18.2 Å². The maximum atomic E-state index is 11.9. The summed E-state index contributed by atoms with van der Waals surface area (Å²) in [6, 6.07) is 4.91. The van der Waals surface area contributed by atoms with Gasteiger partial charge in [0.1, 0.15) is 18.2 Å². The molecule has 0 fully saturated rings. The minimum Gasteiger partial charge on any atom is -0.464 e. The molecular formula is C14H18N2O3. The molecule has 0 aliphatic rings. The van der Waals surface area contributed by atoms with E-state index in [9.17, 15) is 9.59 Å². The van der Waals surface area contributed by atoms with E-state index >= 15 is 0 Å². The third kappa shape index (κ3) is 4.25. The van der Waals surface area contributed by atoms with Crippen molar-refractivity contribution in [3.8, 4) is 6.07 Å². The van der Waals surface area contributed by atoms with Gasteiger partial charge in [-0.2, -0.15) is 5.26 Å². The van der Waals surface area contributed by atoms with Crippen molar-refractivity contribution >= 4 is 5.97 Å². The number of aromatic nitrogens is 1. The number of hydrogen-bond donors (Lipinski definition) is 0. The lowest BCUT2D eigenvalue weighted by molar-refractivity contribution is -0.144. The van der Waals surface area contributed by atoms with Gasteiger partial charge in [-0.05, 0) is 31.4 Å². The average Bonchev–Trinajstić information content (AvgIpc) is 2.34. The maximum absolute atomic E-state index is 11.9. The molecular weight excluding hydrogens is 244 g/mol. The summed E-state index contributed by atoms with van der Waals surface area (Å²) in [6.07, 6.45) is 0.790. The molecule has 0 spiro atoms. The zero-order chi connectivity index (χ0) is 14.4. The number of ether oxygens (including phenoxy) is 1. The van der Waals surface area contributed by atoms with E-state index in [2.05, 4.69) is 0 Å². The minimum atomic E-state index is -0.457. The number of esters is 1. The van der Waals surface area contributed by atoms with Crippen molar-refractivity contribution in [3.05, 3.63) is 33.7 Å². The zero-order valence-electron chi connectivity index (χ0n) is 11.5. The molecule has 102 valence electrons. The van der Waals surface area contributed by atoms with E-state index in [1.54, 1.807) is 13.0 Å². The standard InChI is InChI=1S/C14H18N2O3/c1-10(2)6-7-19-13(17)9-16-11(3)4-5-12(8-15)14(16)18/h4-5,10H,6-7,9H2,1-3H3. The Bertz CT molecular complexity index is 553. The maximum Gasteiger partial charge on any atom is 0.326 e. The molecule has 1 heterocycles. The molecule has 1 rings (SSSR count).